The molecule has 0 bridgehead atoms. The fourth-order valence-corrected chi connectivity index (χ4v) is 3.78. The van der Waals surface area contributed by atoms with Gasteiger partial charge in [-0.05, 0) is 29.0 Å². The Hall–Kier alpha value is -0.250. The van der Waals surface area contributed by atoms with E-state index in [0.29, 0.717) is 17.6 Å². The van der Waals surface area contributed by atoms with Crippen LogP contribution in [-0.4, -0.2) is 56.5 Å². The molecule has 0 atom stereocenters. The number of nitrogens with zero attached hydrogens (tertiary/aromatic N) is 3. The van der Waals surface area contributed by atoms with Crippen LogP contribution in [0.3, 0.4) is 0 Å². The van der Waals surface area contributed by atoms with Gasteiger partial charge >= 0.3 is 0 Å². The van der Waals surface area contributed by atoms with Crippen LogP contribution in [0.5, 0.6) is 0 Å². The van der Waals surface area contributed by atoms with Crippen molar-refractivity contribution in [1.29, 1.82) is 0 Å². The van der Waals surface area contributed by atoms with Crippen LogP contribution < -0.4 is 4.83 Å². The third kappa shape index (κ3) is 3.87. The van der Waals surface area contributed by atoms with Crippen molar-refractivity contribution >= 4 is 37.6 Å². The average molecular weight is 370 g/mol. The molecule has 0 radical (unpaired) electrons. The second-order valence-electron chi connectivity index (χ2n) is 4.33. The van der Waals surface area contributed by atoms with Gasteiger partial charge in [-0.1, -0.05) is 11.6 Å². The Morgan fingerprint density at radius 2 is 2.00 bits per heavy atom. The number of sulfonamides is 1. The lowest BCUT2D eigenvalue weighted by Crippen LogP contribution is -2.52. The van der Waals surface area contributed by atoms with E-state index in [9.17, 15) is 8.42 Å². The van der Waals surface area contributed by atoms with Crippen molar-refractivity contribution < 1.29 is 8.42 Å². The molecule has 1 aliphatic rings. The van der Waals surface area contributed by atoms with E-state index in [2.05, 4.69) is 30.6 Å². The maximum atomic E-state index is 12.2. The minimum Gasteiger partial charge on any atom is -0.304 e. The van der Waals surface area contributed by atoms with E-state index in [4.69, 9.17) is 11.6 Å². The topological polar surface area (TPSA) is 65.5 Å². The molecule has 0 saturated carbocycles. The van der Waals surface area contributed by atoms with E-state index < -0.39 is 10.0 Å². The first kappa shape index (κ1) is 15.1. The van der Waals surface area contributed by atoms with Crippen LogP contribution in [0.1, 0.15) is 0 Å². The Bertz CT molecular complexity index is 561. The van der Waals surface area contributed by atoms with Crippen molar-refractivity contribution in [2.24, 2.45) is 0 Å². The highest BCUT2D eigenvalue weighted by Crippen LogP contribution is 2.22. The van der Waals surface area contributed by atoms with Crippen LogP contribution in [0.2, 0.25) is 5.15 Å². The normalized spacial score (nSPS) is 18.7. The highest BCUT2D eigenvalue weighted by Gasteiger charge is 2.24. The van der Waals surface area contributed by atoms with Crippen molar-refractivity contribution in [3.63, 3.8) is 0 Å². The number of hydrogen-bond donors (Lipinski definition) is 1. The van der Waals surface area contributed by atoms with Gasteiger partial charge < -0.3 is 4.90 Å². The zero-order valence-electron chi connectivity index (χ0n) is 10.3. The lowest BCUT2D eigenvalue weighted by Gasteiger charge is -2.32. The summed E-state index contributed by atoms with van der Waals surface area (Å²) >= 11 is 9.03. The lowest BCUT2D eigenvalue weighted by atomic mass is 10.4. The summed E-state index contributed by atoms with van der Waals surface area (Å²) in [6.45, 7) is 2.89. The molecule has 2 heterocycles. The van der Waals surface area contributed by atoms with Crippen LogP contribution in [0.15, 0.2) is 21.6 Å². The number of nitrogens with one attached hydrogen (secondary N) is 1. The number of rotatable bonds is 3. The fourth-order valence-electron chi connectivity index (χ4n) is 1.71. The summed E-state index contributed by atoms with van der Waals surface area (Å²) in [7, 11) is -1.70. The molecule has 1 fully saturated rings. The monoisotopic (exact) mass is 368 g/mol. The standard InChI is InChI=1S/C10H14BrClN4O2S/c1-15-2-4-16(5-3-15)14-19(17,18)9-6-8(11)7-13-10(9)12/h6-7,14H,2-5H2,1H3. The molecule has 2 rings (SSSR count). The molecule has 6 nitrogen and oxygen atoms in total. The fraction of sp³-hybridized carbons (Fsp3) is 0.500. The Kier molecular flexibility index (Phi) is 4.80. The lowest BCUT2D eigenvalue weighted by molar-refractivity contribution is 0.135. The van der Waals surface area contributed by atoms with E-state index in [-0.39, 0.29) is 10.0 Å². The van der Waals surface area contributed by atoms with Crippen molar-refractivity contribution in [2.75, 3.05) is 33.2 Å². The summed E-state index contributed by atoms with van der Waals surface area (Å²) in [4.78, 5) is 8.47. The first-order chi connectivity index (χ1) is 8.88. The van der Waals surface area contributed by atoms with E-state index in [0.717, 1.165) is 13.1 Å². The maximum absolute atomic E-state index is 12.2. The van der Waals surface area contributed by atoms with Gasteiger partial charge in [0.1, 0.15) is 10.0 Å². The number of pyridine rings is 1. The van der Waals surface area contributed by atoms with Gasteiger partial charge in [0.25, 0.3) is 10.0 Å². The third-order valence-electron chi connectivity index (χ3n) is 2.82. The highest BCUT2D eigenvalue weighted by atomic mass is 79.9. The van der Waals surface area contributed by atoms with Crippen molar-refractivity contribution in [2.45, 2.75) is 4.90 Å². The molecule has 0 aliphatic carbocycles. The molecule has 1 aliphatic heterocycles. The SMILES string of the molecule is CN1CCN(NS(=O)(=O)c2cc(Br)cnc2Cl)CC1. The molecule has 0 aromatic carbocycles. The highest BCUT2D eigenvalue weighted by molar-refractivity contribution is 9.10. The average Bonchev–Trinajstić information content (AvgIpc) is 2.35. The number of halogens is 2. The molecule has 106 valence electrons. The second kappa shape index (κ2) is 6.02. The van der Waals surface area contributed by atoms with Gasteiger partial charge in [0.05, 0.1) is 0 Å². The van der Waals surface area contributed by atoms with Gasteiger partial charge in [0.15, 0.2) is 0 Å². The van der Waals surface area contributed by atoms with Crippen LogP contribution in [0.25, 0.3) is 0 Å². The van der Waals surface area contributed by atoms with Crippen molar-refractivity contribution in [3.8, 4) is 0 Å². The van der Waals surface area contributed by atoms with Gasteiger partial charge in [-0.25, -0.2) is 18.4 Å². The van der Waals surface area contributed by atoms with Gasteiger partial charge in [-0.2, -0.15) is 0 Å². The van der Waals surface area contributed by atoms with Gasteiger partial charge in [0.2, 0.25) is 0 Å². The summed E-state index contributed by atoms with van der Waals surface area (Å²) in [5.74, 6) is 0. The largest absolute Gasteiger partial charge is 0.304 e. The molecule has 0 amide bonds. The Balaban J connectivity index is 2.16. The van der Waals surface area contributed by atoms with Crippen molar-refractivity contribution in [3.05, 3.63) is 21.9 Å². The second-order valence-corrected chi connectivity index (χ2v) is 7.23. The Morgan fingerprint density at radius 3 is 2.63 bits per heavy atom. The van der Waals surface area contributed by atoms with E-state index in [1.807, 2.05) is 7.05 Å². The van der Waals surface area contributed by atoms with E-state index in [1.165, 1.54) is 12.3 Å². The summed E-state index contributed by atoms with van der Waals surface area (Å²) in [6.07, 6.45) is 1.46. The zero-order chi connectivity index (χ0) is 14.0. The van der Waals surface area contributed by atoms with E-state index in [1.54, 1.807) is 5.01 Å². The first-order valence-corrected chi connectivity index (χ1v) is 8.31. The molecular weight excluding hydrogens is 356 g/mol. The third-order valence-corrected chi connectivity index (χ3v) is 5.05. The number of aromatic nitrogens is 1. The summed E-state index contributed by atoms with van der Waals surface area (Å²) < 4.78 is 25.1. The molecule has 19 heavy (non-hydrogen) atoms. The van der Waals surface area contributed by atoms with Gasteiger partial charge in [-0.15, -0.1) is 4.83 Å². The minimum atomic E-state index is -3.70. The Morgan fingerprint density at radius 1 is 1.37 bits per heavy atom. The van der Waals surface area contributed by atoms with Crippen LogP contribution >= 0.6 is 27.5 Å². The van der Waals surface area contributed by atoms with Crippen LogP contribution in [-0.2, 0) is 10.0 Å². The summed E-state index contributed by atoms with van der Waals surface area (Å²) in [5.41, 5.74) is 0. The summed E-state index contributed by atoms with van der Waals surface area (Å²) in [5, 5.41) is 1.64. The van der Waals surface area contributed by atoms with Gasteiger partial charge in [0, 0.05) is 36.8 Å². The number of hydrogen-bond acceptors (Lipinski definition) is 5. The quantitative estimate of drug-likeness (QED) is 0.803. The molecule has 1 aromatic rings. The molecule has 0 unspecified atom stereocenters. The predicted octanol–water partition coefficient (Wildman–Crippen LogP) is 0.938. The summed E-state index contributed by atoms with van der Waals surface area (Å²) in [6, 6.07) is 1.44. The number of piperazine rings is 1. The molecule has 1 N–H and O–H groups in total. The van der Waals surface area contributed by atoms with Crippen LogP contribution in [0.4, 0.5) is 0 Å². The molecular formula is C10H14BrClN4O2S. The van der Waals surface area contributed by atoms with Crippen molar-refractivity contribution in [1.82, 2.24) is 19.7 Å². The predicted molar refractivity (Wildman–Crippen MR) is 76.3 cm³/mol. The first-order valence-electron chi connectivity index (χ1n) is 5.65. The number of hydrazine groups is 1. The van der Waals surface area contributed by atoms with Gasteiger partial charge in [-0.3, -0.25) is 0 Å². The Labute approximate surface area is 125 Å². The molecule has 0 spiro atoms. The minimum absolute atomic E-state index is 0.0255. The molecule has 1 aromatic heterocycles. The van der Waals surface area contributed by atoms with E-state index >= 15 is 0 Å². The van der Waals surface area contributed by atoms with Crippen LogP contribution in [0, 0.1) is 0 Å². The zero-order valence-corrected chi connectivity index (χ0v) is 13.5. The number of likely N-dealkylation sites (N-methyl/N-ethyl adjacent to an activating group) is 1. The maximum Gasteiger partial charge on any atom is 0.256 e. The molecule has 1 saturated heterocycles. The smallest absolute Gasteiger partial charge is 0.256 e. The molecule has 9 heteroatoms.